The first kappa shape index (κ1) is 18.7. The number of nitrogens with zero attached hydrogens (tertiary/aromatic N) is 2. The van der Waals surface area contributed by atoms with Crippen LogP contribution in [0.3, 0.4) is 0 Å². The molecular formula is C22H23N3O2S. The van der Waals surface area contributed by atoms with Crippen molar-refractivity contribution in [3.63, 3.8) is 0 Å². The van der Waals surface area contributed by atoms with Crippen LogP contribution in [0.2, 0.25) is 0 Å². The number of rotatable bonds is 3. The predicted octanol–water partition coefficient (Wildman–Crippen LogP) is 3.76. The summed E-state index contributed by atoms with van der Waals surface area (Å²) < 4.78 is 1.69. The SMILES string of the molecule is Cc1cccc(C)c1-n1c(SC2CCCCNC2=O)nc2ccccc2c1=O. The molecule has 0 saturated carbocycles. The number of thioether (sulfide) groups is 1. The summed E-state index contributed by atoms with van der Waals surface area (Å²) in [4.78, 5) is 30.8. The maximum Gasteiger partial charge on any atom is 0.266 e. The van der Waals surface area contributed by atoms with E-state index in [0.29, 0.717) is 22.6 Å². The second kappa shape index (κ2) is 7.80. The Morgan fingerprint density at radius 1 is 1.04 bits per heavy atom. The number of fused-ring (bicyclic) bond motifs is 1. The van der Waals surface area contributed by atoms with Crippen LogP contribution in [0.1, 0.15) is 30.4 Å². The van der Waals surface area contributed by atoms with Gasteiger partial charge in [0.1, 0.15) is 0 Å². The van der Waals surface area contributed by atoms with Crippen molar-refractivity contribution in [1.82, 2.24) is 14.9 Å². The molecule has 3 aromatic rings. The molecule has 0 bridgehead atoms. The van der Waals surface area contributed by atoms with E-state index < -0.39 is 0 Å². The summed E-state index contributed by atoms with van der Waals surface area (Å²) >= 11 is 1.39. The lowest BCUT2D eigenvalue weighted by atomic mass is 10.1. The Kier molecular flexibility index (Phi) is 5.22. The fraction of sp³-hybridized carbons (Fsp3) is 0.318. The number of nitrogens with one attached hydrogen (secondary N) is 1. The highest BCUT2D eigenvalue weighted by atomic mass is 32.2. The molecule has 0 radical (unpaired) electrons. The molecule has 1 N–H and O–H groups in total. The van der Waals surface area contributed by atoms with Gasteiger partial charge < -0.3 is 5.32 Å². The molecule has 1 aliphatic rings. The van der Waals surface area contributed by atoms with Crippen LogP contribution in [0.4, 0.5) is 0 Å². The van der Waals surface area contributed by atoms with Crippen molar-refractivity contribution in [2.24, 2.45) is 0 Å². The smallest absolute Gasteiger partial charge is 0.266 e. The third kappa shape index (κ3) is 3.44. The van der Waals surface area contributed by atoms with E-state index in [0.717, 1.165) is 36.1 Å². The first-order chi connectivity index (χ1) is 13.6. The molecule has 0 aliphatic carbocycles. The Morgan fingerprint density at radius 2 is 1.79 bits per heavy atom. The van der Waals surface area contributed by atoms with Crippen molar-refractivity contribution in [2.45, 2.75) is 43.5 Å². The second-order valence-electron chi connectivity index (χ2n) is 7.19. The lowest BCUT2D eigenvalue weighted by molar-refractivity contribution is -0.120. The molecule has 1 unspecified atom stereocenters. The zero-order chi connectivity index (χ0) is 19.7. The van der Waals surface area contributed by atoms with Gasteiger partial charge in [-0.1, -0.05) is 48.5 Å². The van der Waals surface area contributed by atoms with E-state index in [-0.39, 0.29) is 16.7 Å². The quantitative estimate of drug-likeness (QED) is 0.688. The maximum atomic E-state index is 13.5. The van der Waals surface area contributed by atoms with Crippen LogP contribution < -0.4 is 10.9 Å². The number of hydrogen-bond acceptors (Lipinski definition) is 4. The molecule has 28 heavy (non-hydrogen) atoms. The highest BCUT2D eigenvalue weighted by molar-refractivity contribution is 8.00. The van der Waals surface area contributed by atoms with Crippen LogP contribution in [0.15, 0.2) is 52.4 Å². The van der Waals surface area contributed by atoms with Gasteiger partial charge >= 0.3 is 0 Å². The average molecular weight is 394 g/mol. The highest BCUT2D eigenvalue weighted by Crippen LogP contribution is 2.30. The van der Waals surface area contributed by atoms with Gasteiger partial charge in [0.2, 0.25) is 5.91 Å². The zero-order valence-corrected chi connectivity index (χ0v) is 16.9. The van der Waals surface area contributed by atoms with Gasteiger partial charge in [-0.15, -0.1) is 0 Å². The van der Waals surface area contributed by atoms with Gasteiger partial charge in [-0.2, -0.15) is 0 Å². The molecule has 4 rings (SSSR count). The zero-order valence-electron chi connectivity index (χ0n) is 16.1. The highest BCUT2D eigenvalue weighted by Gasteiger charge is 2.25. The van der Waals surface area contributed by atoms with E-state index in [1.165, 1.54) is 11.8 Å². The molecule has 1 amide bonds. The van der Waals surface area contributed by atoms with Crippen molar-refractivity contribution in [2.75, 3.05) is 6.54 Å². The largest absolute Gasteiger partial charge is 0.355 e. The topological polar surface area (TPSA) is 64.0 Å². The molecule has 2 heterocycles. The van der Waals surface area contributed by atoms with Gasteiger partial charge in [0.05, 0.1) is 21.8 Å². The molecule has 1 saturated heterocycles. The van der Waals surface area contributed by atoms with Gasteiger partial charge in [-0.25, -0.2) is 4.98 Å². The number of hydrogen-bond donors (Lipinski definition) is 1. The van der Waals surface area contributed by atoms with Crippen LogP contribution >= 0.6 is 11.8 Å². The normalized spacial score (nSPS) is 17.4. The van der Waals surface area contributed by atoms with E-state index in [1.807, 2.05) is 56.3 Å². The molecule has 1 fully saturated rings. The van der Waals surface area contributed by atoms with Crippen molar-refractivity contribution < 1.29 is 4.79 Å². The fourth-order valence-corrected chi connectivity index (χ4v) is 4.86. The first-order valence-corrected chi connectivity index (χ1v) is 10.5. The summed E-state index contributed by atoms with van der Waals surface area (Å²) in [5, 5.41) is 3.88. The predicted molar refractivity (Wildman–Crippen MR) is 113 cm³/mol. The number of aryl methyl sites for hydroxylation is 2. The van der Waals surface area contributed by atoms with Gasteiger partial charge in [0, 0.05) is 6.54 Å². The summed E-state index contributed by atoms with van der Waals surface area (Å²) in [7, 11) is 0. The Hall–Kier alpha value is -2.60. The Balaban J connectivity index is 1.94. The summed E-state index contributed by atoms with van der Waals surface area (Å²) in [6.45, 7) is 4.71. The molecule has 1 atom stereocenters. The van der Waals surface area contributed by atoms with E-state index in [2.05, 4.69) is 5.32 Å². The van der Waals surface area contributed by atoms with E-state index in [1.54, 1.807) is 4.57 Å². The minimum Gasteiger partial charge on any atom is -0.355 e. The summed E-state index contributed by atoms with van der Waals surface area (Å²) in [6, 6.07) is 13.4. The molecule has 144 valence electrons. The van der Waals surface area contributed by atoms with E-state index in [4.69, 9.17) is 4.98 Å². The number of amides is 1. The molecular weight excluding hydrogens is 370 g/mol. The molecule has 5 nitrogen and oxygen atoms in total. The summed E-state index contributed by atoms with van der Waals surface area (Å²) in [6.07, 6.45) is 2.75. The molecule has 6 heteroatoms. The van der Waals surface area contributed by atoms with Gasteiger partial charge in [-0.05, 0) is 49.9 Å². The van der Waals surface area contributed by atoms with Crippen molar-refractivity contribution in [3.05, 3.63) is 63.9 Å². The van der Waals surface area contributed by atoms with Crippen LogP contribution in [0.25, 0.3) is 16.6 Å². The second-order valence-corrected chi connectivity index (χ2v) is 8.36. The first-order valence-electron chi connectivity index (χ1n) is 9.59. The minimum absolute atomic E-state index is 0.0259. The van der Waals surface area contributed by atoms with Crippen molar-refractivity contribution in [3.8, 4) is 5.69 Å². The fourth-order valence-electron chi connectivity index (χ4n) is 3.70. The number of para-hydroxylation sites is 2. The van der Waals surface area contributed by atoms with Crippen molar-refractivity contribution >= 4 is 28.6 Å². The number of carbonyl (C=O) groups is 1. The van der Waals surface area contributed by atoms with Crippen molar-refractivity contribution in [1.29, 1.82) is 0 Å². The van der Waals surface area contributed by atoms with Crippen LogP contribution in [0.5, 0.6) is 0 Å². The monoisotopic (exact) mass is 393 g/mol. The van der Waals surface area contributed by atoms with Crippen LogP contribution in [-0.4, -0.2) is 27.3 Å². The van der Waals surface area contributed by atoms with Gasteiger partial charge in [0.25, 0.3) is 5.56 Å². The lowest BCUT2D eigenvalue weighted by Gasteiger charge is -2.19. The average Bonchev–Trinajstić information content (AvgIpc) is 2.88. The van der Waals surface area contributed by atoms with Crippen LogP contribution in [0, 0.1) is 13.8 Å². The Morgan fingerprint density at radius 3 is 2.57 bits per heavy atom. The van der Waals surface area contributed by atoms with Gasteiger partial charge in [0.15, 0.2) is 5.16 Å². The Bertz CT molecular complexity index is 1090. The van der Waals surface area contributed by atoms with E-state index >= 15 is 0 Å². The standard InChI is InChI=1S/C22H23N3O2S/c1-14-8-7-9-15(2)19(14)25-21(27)16-10-3-4-11-17(16)24-22(25)28-18-12-5-6-13-23-20(18)26/h3-4,7-11,18H,5-6,12-13H2,1-2H3,(H,23,26). The lowest BCUT2D eigenvalue weighted by Crippen LogP contribution is -2.32. The number of aromatic nitrogens is 2. The number of benzene rings is 2. The maximum absolute atomic E-state index is 13.5. The third-order valence-corrected chi connectivity index (χ3v) is 6.36. The molecule has 2 aromatic carbocycles. The van der Waals surface area contributed by atoms with E-state index in [9.17, 15) is 9.59 Å². The number of carbonyl (C=O) groups excluding carboxylic acids is 1. The summed E-state index contributed by atoms with van der Waals surface area (Å²) in [5.74, 6) is 0.0259. The molecule has 1 aromatic heterocycles. The summed E-state index contributed by atoms with van der Waals surface area (Å²) in [5.41, 5.74) is 3.42. The minimum atomic E-state index is -0.244. The van der Waals surface area contributed by atoms with Crippen LogP contribution in [-0.2, 0) is 4.79 Å². The van der Waals surface area contributed by atoms with Gasteiger partial charge in [-0.3, -0.25) is 14.2 Å². The third-order valence-electron chi connectivity index (χ3n) is 5.14. The molecule has 0 spiro atoms. The Labute approximate surface area is 168 Å². The molecule has 1 aliphatic heterocycles.